The van der Waals surface area contributed by atoms with Gasteiger partial charge in [0.2, 0.25) is 0 Å². The third-order valence-corrected chi connectivity index (χ3v) is 4.95. The lowest BCUT2D eigenvalue weighted by Gasteiger charge is -2.12. The number of ether oxygens (including phenoxy) is 1. The summed E-state index contributed by atoms with van der Waals surface area (Å²) in [6, 6.07) is 17.2. The van der Waals surface area contributed by atoms with E-state index in [1.807, 2.05) is 67.0 Å². The summed E-state index contributed by atoms with van der Waals surface area (Å²) in [5.41, 5.74) is 12.0. The van der Waals surface area contributed by atoms with Crippen LogP contribution in [0, 0.1) is 6.92 Å². The minimum Gasteiger partial charge on any atom is -0.461 e. The Bertz CT molecular complexity index is 835. The Balaban J connectivity index is 0.00000243. The van der Waals surface area contributed by atoms with E-state index in [1.54, 1.807) is 11.3 Å². The van der Waals surface area contributed by atoms with E-state index in [0.717, 1.165) is 27.3 Å². The number of esters is 1. The maximum absolute atomic E-state index is 12.0. The summed E-state index contributed by atoms with van der Waals surface area (Å²) < 4.78 is 5.29. The highest BCUT2D eigenvalue weighted by molar-refractivity contribution is 7.13. The van der Waals surface area contributed by atoms with Gasteiger partial charge in [-0.25, -0.2) is 4.98 Å². The van der Waals surface area contributed by atoms with Gasteiger partial charge in [0, 0.05) is 6.04 Å². The van der Waals surface area contributed by atoms with Crippen molar-refractivity contribution in [3.63, 3.8) is 0 Å². The number of hydrogen-bond acceptors (Lipinski definition) is 5. The zero-order valence-corrected chi connectivity index (χ0v) is 16.1. The Morgan fingerprint density at radius 1 is 1.15 bits per heavy atom. The van der Waals surface area contributed by atoms with Crippen LogP contribution in [0.3, 0.4) is 0 Å². The van der Waals surface area contributed by atoms with Crippen LogP contribution in [0.5, 0.6) is 0 Å². The number of thiazole rings is 1. The molecule has 136 valence electrons. The Labute approximate surface area is 163 Å². The van der Waals surface area contributed by atoms with Crippen molar-refractivity contribution in [2.45, 2.75) is 26.0 Å². The van der Waals surface area contributed by atoms with Gasteiger partial charge >= 0.3 is 5.97 Å². The van der Waals surface area contributed by atoms with Gasteiger partial charge in [-0.2, -0.15) is 0 Å². The third kappa shape index (κ3) is 5.14. The zero-order chi connectivity index (χ0) is 17.6. The number of halogens is 1. The van der Waals surface area contributed by atoms with Crippen molar-refractivity contribution in [2.75, 3.05) is 0 Å². The molecular formula is C20H21ClN2O2S. The number of aromatic nitrogens is 1. The van der Waals surface area contributed by atoms with Crippen molar-refractivity contribution in [2.24, 2.45) is 5.73 Å². The van der Waals surface area contributed by atoms with Gasteiger partial charge in [-0.3, -0.25) is 4.79 Å². The molecule has 0 aliphatic heterocycles. The van der Waals surface area contributed by atoms with Gasteiger partial charge in [0.15, 0.2) is 0 Å². The van der Waals surface area contributed by atoms with Gasteiger partial charge in [-0.05, 0) is 23.6 Å². The molecule has 0 amide bonds. The highest BCUT2D eigenvalue weighted by atomic mass is 35.5. The summed E-state index contributed by atoms with van der Waals surface area (Å²) in [6.07, 6.45) is 0.158. The quantitative estimate of drug-likeness (QED) is 0.623. The number of nitrogens with zero attached hydrogens (tertiary/aromatic N) is 1. The number of aryl methyl sites for hydroxylation is 1. The van der Waals surface area contributed by atoms with Crippen molar-refractivity contribution in [3.8, 4) is 10.4 Å². The second-order valence-corrected chi connectivity index (χ2v) is 6.70. The van der Waals surface area contributed by atoms with Crippen LogP contribution in [-0.4, -0.2) is 11.0 Å². The highest BCUT2D eigenvalue weighted by Crippen LogP contribution is 2.28. The molecule has 1 aromatic heterocycles. The molecule has 0 aliphatic carbocycles. The van der Waals surface area contributed by atoms with E-state index in [9.17, 15) is 4.79 Å². The first-order chi connectivity index (χ1) is 12.1. The molecule has 0 saturated carbocycles. The van der Waals surface area contributed by atoms with Crippen LogP contribution in [0.1, 0.15) is 29.3 Å². The molecule has 4 nitrogen and oxygen atoms in total. The lowest BCUT2D eigenvalue weighted by molar-refractivity contribution is -0.145. The molecule has 6 heteroatoms. The van der Waals surface area contributed by atoms with Crippen molar-refractivity contribution in [3.05, 3.63) is 76.9 Å². The molecular weight excluding hydrogens is 368 g/mol. The molecule has 0 saturated heterocycles. The highest BCUT2D eigenvalue weighted by Gasteiger charge is 2.14. The topological polar surface area (TPSA) is 65.2 Å². The van der Waals surface area contributed by atoms with Crippen LogP contribution in [0.4, 0.5) is 0 Å². The van der Waals surface area contributed by atoms with Gasteiger partial charge in [0.25, 0.3) is 0 Å². The first kappa shape index (κ1) is 20.1. The fourth-order valence-electron chi connectivity index (χ4n) is 2.56. The van der Waals surface area contributed by atoms with Crippen LogP contribution in [-0.2, 0) is 16.1 Å². The van der Waals surface area contributed by atoms with Crippen molar-refractivity contribution in [1.82, 2.24) is 4.98 Å². The van der Waals surface area contributed by atoms with E-state index in [2.05, 4.69) is 4.98 Å². The average molecular weight is 389 g/mol. The summed E-state index contributed by atoms with van der Waals surface area (Å²) in [4.78, 5) is 17.4. The van der Waals surface area contributed by atoms with E-state index in [4.69, 9.17) is 10.5 Å². The Morgan fingerprint density at radius 2 is 1.85 bits per heavy atom. The Hall–Kier alpha value is -2.21. The van der Waals surface area contributed by atoms with Gasteiger partial charge in [0.1, 0.15) is 6.61 Å². The lowest BCUT2D eigenvalue weighted by atomic mass is 10.0. The van der Waals surface area contributed by atoms with Crippen LogP contribution in [0.25, 0.3) is 10.4 Å². The summed E-state index contributed by atoms with van der Waals surface area (Å²) >= 11 is 1.62. The number of carbonyl (C=O) groups is 1. The molecule has 0 radical (unpaired) electrons. The summed E-state index contributed by atoms with van der Waals surface area (Å²) in [5.74, 6) is -0.293. The minimum atomic E-state index is -0.375. The fourth-order valence-corrected chi connectivity index (χ4v) is 3.37. The zero-order valence-electron chi connectivity index (χ0n) is 14.4. The van der Waals surface area contributed by atoms with Crippen molar-refractivity contribution >= 4 is 29.7 Å². The van der Waals surface area contributed by atoms with Crippen LogP contribution >= 0.6 is 23.7 Å². The lowest BCUT2D eigenvalue weighted by Crippen LogP contribution is -2.17. The van der Waals surface area contributed by atoms with Crippen LogP contribution in [0.2, 0.25) is 0 Å². The molecule has 0 aliphatic rings. The summed E-state index contributed by atoms with van der Waals surface area (Å²) in [6.45, 7) is 2.27. The average Bonchev–Trinajstić information content (AvgIpc) is 3.07. The first-order valence-electron chi connectivity index (χ1n) is 8.09. The van der Waals surface area contributed by atoms with Gasteiger partial charge in [0.05, 0.1) is 22.5 Å². The van der Waals surface area contributed by atoms with E-state index in [0.29, 0.717) is 0 Å². The monoisotopic (exact) mass is 388 g/mol. The van der Waals surface area contributed by atoms with Gasteiger partial charge in [-0.1, -0.05) is 54.6 Å². The molecule has 1 heterocycles. The number of carbonyl (C=O) groups excluding carboxylic acids is 1. The van der Waals surface area contributed by atoms with E-state index >= 15 is 0 Å². The second-order valence-electron chi connectivity index (χ2n) is 5.85. The molecule has 2 aromatic carbocycles. The number of benzene rings is 2. The molecule has 1 atom stereocenters. The largest absolute Gasteiger partial charge is 0.461 e. The third-order valence-electron chi connectivity index (χ3n) is 3.98. The van der Waals surface area contributed by atoms with Crippen LogP contribution < -0.4 is 5.73 Å². The fraction of sp³-hybridized carbons (Fsp3) is 0.200. The summed E-state index contributed by atoms with van der Waals surface area (Å²) in [5, 5.41) is 0. The predicted molar refractivity (Wildman–Crippen MR) is 107 cm³/mol. The van der Waals surface area contributed by atoms with E-state index in [-0.39, 0.29) is 37.4 Å². The first-order valence-corrected chi connectivity index (χ1v) is 8.97. The normalized spacial score (nSPS) is 11.5. The molecule has 0 bridgehead atoms. The Kier molecular flexibility index (Phi) is 7.33. The van der Waals surface area contributed by atoms with Crippen molar-refractivity contribution < 1.29 is 9.53 Å². The molecule has 0 spiro atoms. The minimum absolute atomic E-state index is 0. The smallest absolute Gasteiger partial charge is 0.308 e. The number of hydrogen-bond donors (Lipinski definition) is 1. The maximum Gasteiger partial charge on any atom is 0.308 e. The van der Waals surface area contributed by atoms with Crippen molar-refractivity contribution in [1.29, 1.82) is 0 Å². The van der Waals surface area contributed by atoms with E-state index < -0.39 is 0 Å². The number of nitrogens with two attached hydrogens (primary N) is 1. The molecule has 0 unspecified atom stereocenters. The second kappa shape index (κ2) is 9.48. The maximum atomic E-state index is 12.0. The predicted octanol–water partition coefficient (Wildman–Crippen LogP) is 4.67. The standard InChI is InChI=1S/C20H20N2O2S.ClH/c1-14-20(25-13-22-14)17-9-7-16(8-10-17)18(21)11-19(23)24-12-15-5-3-2-4-6-15;/h2-10,13,18H,11-12,21H2,1H3;1H/t18-;/m0./s1. The molecule has 0 fully saturated rings. The molecule has 3 aromatic rings. The molecule has 26 heavy (non-hydrogen) atoms. The van der Waals surface area contributed by atoms with Gasteiger partial charge < -0.3 is 10.5 Å². The number of rotatable bonds is 6. The van der Waals surface area contributed by atoms with Gasteiger partial charge in [-0.15, -0.1) is 23.7 Å². The SMILES string of the molecule is Cc1ncsc1-c1ccc([C@@H](N)CC(=O)OCc2ccccc2)cc1.Cl. The summed E-state index contributed by atoms with van der Waals surface area (Å²) in [7, 11) is 0. The molecule has 2 N–H and O–H groups in total. The molecule has 3 rings (SSSR count). The van der Waals surface area contributed by atoms with E-state index in [1.165, 1.54) is 0 Å². The Morgan fingerprint density at radius 3 is 2.46 bits per heavy atom. The van der Waals surface area contributed by atoms with Crippen LogP contribution in [0.15, 0.2) is 60.1 Å².